The molecular weight excluding hydrogens is 473 g/mol. The van der Waals surface area contributed by atoms with Gasteiger partial charge in [0.25, 0.3) is 0 Å². The Morgan fingerprint density at radius 2 is 1.41 bits per heavy atom. The number of nitrogens with one attached hydrogen (secondary N) is 1. The lowest BCUT2D eigenvalue weighted by atomic mass is 9.91. The van der Waals surface area contributed by atoms with Gasteiger partial charge >= 0.3 is 5.97 Å². The van der Waals surface area contributed by atoms with E-state index < -0.39 is 7.92 Å². The van der Waals surface area contributed by atoms with Crippen molar-refractivity contribution in [1.29, 1.82) is 0 Å². The fourth-order valence-corrected chi connectivity index (χ4v) is 7.94. The van der Waals surface area contributed by atoms with Gasteiger partial charge in [-0.2, -0.15) is 0 Å². The first-order chi connectivity index (χ1) is 18.0. The van der Waals surface area contributed by atoms with E-state index in [1.807, 2.05) is 30.3 Å². The summed E-state index contributed by atoms with van der Waals surface area (Å²) in [4.78, 5) is 13.7. The minimum atomic E-state index is -0.883. The van der Waals surface area contributed by atoms with Gasteiger partial charge in [-0.1, -0.05) is 119 Å². The van der Waals surface area contributed by atoms with E-state index in [0.717, 1.165) is 18.3 Å². The highest BCUT2D eigenvalue weighted by atomic mass is 31.1. The molecule has 0 amide bonds. The predicted molar refractivity (Wildman–Crippen MR) is 158 cm³/mol. The fraction of sp³-hybridized carbons (Fsp3) is 0.424. The zero-order chi connectivity index (χ0) is 26.0. The third kappa shape index (κ3) is 7.53. The van der Waals surface area contributed by atoms with Crippen LogP contribution < -0.4 is 21.2 Å². The van der Waals surface area contributed by atoms with Crippen LogP contribution in [0.5, 0.6) is 0 Å². The molecule has 1 saturated carbocycles. The van der Waals surface area contributed by atoms with E-state index in [9.17, 15) is 4.79 Å². The van der Waals surface area contributed by atoms with Crippen molar-refractivity contribution >= 4 is 29.8 Å². The van der Waals surface area contributed by atoms with Gasteiger partial charge in [0, 0.05) is 6.04 Å². The second-order valence-electron chi connectivity index (χ2n) is 10.7. The van der Waals surface area contributed by atoms with Crippen molar-refractivity contribution in [3.8, 4) is 0 Å². The van der Waals surface area contributed by atoms with E-state index in [2.05, 4.69) is 80.7 Å². The molecule has 3 nitrogen and oxygen atoms in total. The van der Waals surface area contributed by atoms with Gasteiger partial charge in [-0.05, 0) is 67.5 Å². The lowest BCUT2D eigenvalue weighted by molar-refractivity contribution is -0.000891. The molecule has 196 valence electrons. The quantitative estimate of drug-likeness (QED) is 0.232. The molecule has 0 aromatic heterocycles. The molecule has 3 aromatic rings. The Balaban J connectivity index is 1.52. The maximum absolute atomic E-state index is 13.7. The van der Waals surface area contributed by atoms with Crippen molar-refractivity contribution in [2.75, 3.05) is 6.54 Å². The second-order valence-corrected chi connectivity index (χ2v) is 12.9. The summed E-state index contributed by atoms with van der Waals surface area (Å²) >= 11 is 0. The Kier molecular flexibility index (Phi) is 10.3. The van der Waals surface area contributed by atoms with Crippen LogP contribution in [-0.4, -0.2) is 24.7 Å². The summed E-state index contributed by atoms with van der Waals surface area (Å²) in [5.41, 5.74) is 0.680. The van der Waals surface area contributed by atoms with E-state index in [-0.39, 0.29) is 23.9 Å². The number of carbonyl (C=O) groups excluding carboxylic acids is 1. The molecule has 0 unspecified atom stereocenters. The lowest BCUT2D eigenvalue weighted by Crippen LogP contribution is -2.36. The zero-order valence-corrected chi connectivity index (χ0v) is 23.5. The van der Waals surface area contributed by atoms with Crippen LogP contribution in [0.3, 0.4) is 0 Å². The van der Waals surface area contributed by atoms with Gasteiger partial charge in [0.1, 0.15) is 6.10 Å². The summed E-state index contributed by atoms with van der Waals surface area (Å²) in [6.07, 6.45) is 7.53. The highest BCUT2D eigenvalue weighted by molar-refractivity contribution is 7.80. The van der Waals surface area contributed by atoms with Crippen molar-refractivity contribution in [2.45, 2.75) is 71.4 Å². The molecule has 0 saturated heterocycles. The Morgan fingerprint density at radius 3 is 2.00 bits per heavy atom. The van der Waals surface area contributed by atoms with E-state index in [1.165, 1.54) is 42.7 Å². The standard InChI is InChI=1S/C33H42NO2P/c1-25(2)32(26(3)23-24-34-27-15-7-4-8-16-27)36-33(35)30-21-13-14-22-31(30)37(28-17-9-5-10-18-28)29-19-11-6-12-20-29/h5-6,9-14,17-22,25-27,32,34H,4,7-8,15-16,23-24H2,1-3H3/t26-,32-/m1/s1. The topological polar surface area (TPSA) is 38.3 Å². The third-order valence-corrected chi connectivity index (χ3v) is 9.99. The van der Waals surface area contributed by atoms with E-state index >= 15 is 0 Å². The van der Waals surface area contributed by atoms with Gasteiger partial charge in [0.15, 0.2) is 0 Å². The average molecular weight is 516 g/mol. The van der Waals surface area contributed by atoms with Crippen LogP contribution in [0, 0.1) is 11.8 Å². The van der Waals surface area contributed by atoms with Gasteiger partial charge in [-0.25, -0.2) is 4.79 Å². The Labute approximate surface area is 224 Å². The molecule has 1 aliphatic rings. The molecule has 3 aromatic carbocycles. The van der Waals surface area contributed by atoms with E-state index in [1.54, 1.807) is 0 Å². The van der Waals surface area contributed by atoms with E-state index in [4.69, 9.17) is 4.74 Å². The first kappa shape index (κ1) is 27.6. The Bertz CT molecular complexity index is 1060. The molecule has 1 aliphatic carbocycles. The van der Waals surface area contributed by atoms with Crippen LogP contribution in [0.2, 0.25) is 0 Å². The van der Waals surface area contributed by atoms with Crippen molar-refractivity contribution < 1.29 is 9.53 Å². The van der Waals surface area contributed by atoms with Crippen LogP contribution in [0.1, 0.15) is 69.7 Å². The minimum Gasteiger partial charge on any atom is -0.458 e. The summed E-state index contributed by atoms with van der Waals surface area (Å²) in [5.74, 6) is 0.336. The van der Waals surface area contributed by atoms with Crippen molar-refractivity contribution in [3.63, 3.8) is 0 Å². The summed E-state index contributed by atoms with van der Waals surface area (Å²) in [5, 5.41) is 7.26. The Morgan fingerprint density at radius 1 is 0.838 bits per heavy atom. The summed E-state index contributed by atoms with van der Waals surface area (Å²) in [6.45, 7) is 7.54. The number of carbonyl (C=O) groups is 1. The van der Waals surface area contributed by atoms with Crippen molar-refractivity contribution in [3.05, 3.63) is 90.5 Å². The molecule has 2 atom stereocenters. The van der Waals surface area contributed by atoms with Crippen LogP contribution >= 0.6 is 7.92 Å². The molecule has 1 fully saturated rings. The van der Waals surface area contributed by atoms with Gasteiger partial charge in [0.2, 0.25) is 0 Å². The number of esters is 1. The Hall–Kier alpha value is -2.48. The SMILES string of the molecule is CC(C)[C@@H](OC(=O)c1ccccc1P(c1ccccc1)c1ccccc1)[C@H](C)CCNC1CCCCC1. The molecule has 4 heteroatoms. The molecule has 4 rings (SSSR count). The predicted octanol–water partition coefficient (Wildman–Crippen LogP) is 6.57. The van der Waals surface area contributed by atoms with Gasteiger partial charge in [-0.15, -0.1) is 0 Å². The highest BCUT2D eigenvalue weighted by Crippen LogP contribution is 2.34. The van der Waals surface area contributed by atoms with Crippen LogP contribution in [0.15, 0.2) is 84.9 Å². The first-order valence-corrected chi connectivity index (χ1v) is 15.3. The molecular formula is C33H42NO2P. The maximum Gasteiger partial charge on any atom is 0.339 e. The van der Waals surface area contributed by atoms with Gasteiger partial charge in [0.05, 0.1) is 5.56 Å². The molecule has 0 aliphatic heterocycles. The van der Waals surface area contributed by atoms with Gasteiger partial charge in [-0.3, -0.25) is 0 Å². The largest absolute Gasteiger partial charge is 0.458 e. The molecule has 1 N–H and O–H groups in total. The number of ether oxygens (including phenoxy) is 1. The number of hydrogen-bond donors (Lipinski definition) is 1. The third-order valence-electron chi connectivity index (χ3n) is 7.49. The first-order valence-electron chi connectivity index (χ1n) is 14.0. The molecule has 0 radical (unpaired) electrons. The molecule has 0 spiro atoms. The van der Waals surface area contributed by atoms with Crippen molar-refractivity contribution in [2.24, 2.45) is 11.8 Å². The highest BCUT2D eigenvalue weighted by Gasteiger charge is 2.28. The smallest absolute Gasteiger partial charge is 0.339 e. The second kappa shape index (κ2) is 13.9. The van der Waals surface area contributed by atoms with Crippen LogP contribution in [0.4, 0.5) is 0 Å². The molecule has 0 bridgehead atoms. The fourth-order valence-electron chi connectivity index (χ4n) is 5.51. The van der Waals surface area contributed by atoms with Crippen LogP contribution in [-0.2, 0) is 4.74 Å². The summed E-state index contributed by atoms with van der Waals surface area (Å²) in [7, 11) is -0.883. The lowest BCUT2D eigenvalue weighted by Gasteiger charge is -2.29. The monoisotopic (exact) mass is 515 g/mol. The van der Waals surface area contributed by atoms with Crippen molar-refractivity contribution in [1.82, 2.24) is 5.32 Å². The molecule has 37 heavy (non-hydrogen) atoms. The number of hydrogen-bond acceptors (Lipinski definition) is 3. The molecule has 0 heterocycles. The number of rotatable bonds is 11. The van der Waals surface area contributed by atoms with E-state index in [0.29, 0.717) is 11.6 Å². The average Bonchev–Trinajstić information content (AvgIpc) is 2.93. The summed E-state index contributed by atoms with van der Waals surface area (Å²) < 4.78 is 6.31. The zero-order valence-electron chi connectivity index (χ0n) is 22.6. The normalized spacial score (nSPS) is 16.0. The van der Waals surface area contributed by atoms with Crippen LogP contribution in [0.25, 0.3) is 0 Å². The summed E-state index contributed by atoms with van der Waals surface area (Å²) in [6, 6.07) is 29.7. The maximum atomic E-state index is 13.7. The minimum absolute atomic E-state index is 0.117. The number of benzene rings is 3. The van der Waals surface area contributed by atoms with Gasteiger partial charge < -0.3 is 10.1 Å².